The van der Waals surface area contributed by atoms with Crippen LogP contribution in [0.3, 0.4) is 0 Å². The second-order valence-corrected chi connectivity index (χ2v) is 7.85. The monoisotopic (exact) mass is 390 g/mol. The van der Waals surface area contributed by atoms with Gasteiger partial charge in [-0.3, -0.25) is 14.5 Å². The summed E-state index contributed by atoms with van der Waals surface area (Å²) >= 11 is 0. The molecule has 1 amide bonds. The highest BCUT2D eigenvalue weighted by Crippen LogP contribution is 2.45. The van der Waals surface area contributed by atoms with Crippen molar-refractivity contribution in [3.8, 4) is 5.75 Å². The largest absolute Gasteiger partial charge is 0.497 e. The number of methoxy groups -OCH3 is 1. The molecule has 0 spiro atoms. The molecular weight excluding hydrogens is 364 g/mol. The van der Waals surface area contributed by atoms with E-state index in [1.807, 2.05) is 62.4 Å². The number of rotatable bonds is 3. The number of hydrogen-bond acceptors (Lipinski definition) is 4. The number of fused-ring (bicyclic) bond motifs is 1. The lowest BCUT2D eigenvalue weighted by atomic mass is 9.85. The number of allylic oxidation sites excluding steroid dienone is 1. The van der Waals surface area contributed by atoms with Gasteiger partial charge < -0.3 is 10.1 Å². The number of para-hydroxylation sites is 2. The van der Waals surface area contributed by atoms with Gasteiger partial charge in [-0.15, -0.1) is 0 Å². The molecule has 1 heterocycles. The number of carbonyl (C=O) groups excluding carboxylic acids is 2. The summed E-state index contributed by atoms with van der Waals surface area (Å²) in [5.74, 6) is 0.637. The summed E-state index contributed by atoms with van der Waals surface area (Å²) in [6, 6.07) is 15.0. The van der Waals surface area contributed by atoms with Crippen molar-refractivity contribution in [3.63, 3.8) is 0 Å². The molecule has 0 saturated carbocycles. The van der Waals surface area contributed by atoms with Crippen LogP contribution < -0.4 is 15.0 Å². The lowest BCUT2D eigenvalue weighted by Gasteiger charge is -2.35. The topological polar surface area (TPSA) is 58.6 Å². The maximum atomic E-state index is 13.4. The Kier molecular flexibility index (Phi) is 5.14. The SMILES string of the molecule is COc1ccc([C@H]2C3=C(CCCC3=O)Nc3ccccc3N2C(=O)C(C)C)cc1. The summed E-state index contributed by atoms with van der Waals surface area (Å²) < 4.78 is 5.31. The van der Waals surface area contributed by atoms with Crippen molar-refractivity contribution in [2.45, 2.75) is 39.2 Å². The minimum absolute atomic E-state index is 0.00723. The minimum Gasteiger partial charge on any atom is -0.497 e. The molecule has 2 aromatic rings. The summed E-state index contributed by atoms with van der Waals surface area (Å²) in [6.45, 7) is 3.79. The Hall–Kier alpha value is -3.08. The number of ketones is 1. The summed E-state index contributed by atoms with van der Waals surface area (Å²) in [5, 5.41) is 3.48. The highest BCUT2D eigenvalue weighted by Gasteiger charge is 2.39. The van der Waals surface area contributed by atoms with E-state index in [-0.39, 0.29) is 17.6 Å². The third-order valence-electron chi connectivity index (χ3n) is 5.60. The van der Waals surface area contributed by atoms with Crippen LogP contribution in [0.15, 0.2) is 59.8 Å². The summed E-state index contributed by atoms with van der Waals surface area (Å²) in [6.07, 6.45) is 2.12. The van der Waals surface area contributed by atoms with E-state index in [0.717, 1.165) is 41.2 Å². The zero-order valence-electron chi connectivity index (χ0n) is 17.1. The predicted octanol–water partition coefficient (Wildman–Crippen LogP) is 4.86. The number of nitrogens with zero attached hydrogens (tertiary/aromatic N) is 1. The quantitative estimate of drug-likeness (QED) is 0.813. The number of nitrogens with one attached hydrogen (secondary N) is 1. The fourth-order valence-electron chi connectivity index (χ4n) is 4.16. The molecular formula is C24H26N2O3. The molecule has 29 heavy (non-hydrogen) atoms. The zero-order chi connectivity index (χ0) is 20.5. The van der Waals surface area contributed by atoms with Gasteiger partial charge in [0.2, 0.25) is 5.91 Å². The average Bonchev–Trinajstić information content (AvgIpc) is 2.88. The molecule has 0 bridgehead atoms. The molecule has 0 saturated heterocycles. The van der Waals surface area contributed by atoms with Crippen LogP contribution in [0, 0.1) is 5.92 Å². The van der Waals surface area contributed by atoms with Gasteiger partial charge in [-0.1, -0.05) is 38.1 Å². The Morgan fingerprint density at radius 3 is 2.52 bits per heavy atom. The van der Waals surface area contributed by atoms with Crippen molar-refractivity contribution in [2.24, 2.45) is 5.92 Å². The van der Waals surface area contributed by atoms with Crippen molar-refractivity contribution >= 4 is 23.1 Å². The molecule has 5 heteroatoms. The van der Waals surface area contributed by atoms with Gasteiger partial charge in [0.05, 0.1) is 24.5 Å². The highest BCUT2D eigenvalue weighted by molar-refractivity contribution is 6.06. The van der Waals surface area contributed by atoms with E-state index in [0.29, 0.717) is 12.0 Å². The summed E-state index contributed by atoms with van der Waals surface area (Å²) in [5.41, 5.74) is 4.19. The van der Waals surface area contributed by atoms with Gasteiger partial charge in [-0.2, -0.15) is 0 Å². The number of amides is 1. The number of ether oxygens (including phenoxy) is 1. The van der Waals surface area contributed by atoms with Gasteiger partial charge in [0.15, 0.2) is 5.78 Å². The highest BCUT2D eigenvalue weighted by atomic mass is 16.5. The Bertz CT molecular complexity index is 976. The molecule has 0 aromatic heterocycles. The number of benzene rings is 2. The Labute approximate surface area is 171 Å². The van der Waals surface area contributed by atoms with Crippen LogP contribution >= 0.6 is 0 Å². The Morgan fingerprint density at radius 1 is 1.10 bits per heavy atom. The van der Waals surface area contributed by atoms with Crippen LogP contribution in [0.2, 0.25) is 0 Å². The fourth-order valence-corrected chi connectivity index (χ4v) is 4.16. The lowest BCUT2D eigenvalue weighted by molar-refractivity contribution is -0.121. The number of hydrogen-bond donors (Lipinski definition) is 1. The zero-order valence-corrected chi connectivity index (χ0v) is 17.1. The molecule has 5 nitrogen and oxygen atoms in total. The van der Waals surface area contributed by atoms with Crippen LogP contribution in [-0.4, -0.2) is 18.8 Å². The van der Waals surface area contributed by atoms with Crippen molar-refractivity contribution in [1.82, 2.24) is 0 Å². The molecule has 1 N–H and O–H groups in total. The van der Waals surface area contributed by atoms with E-state index >= 15 is 0 Å². The van der Waals surface area contributed by atoms with Crippen LogP contribution in [0.1, 0.15) is 44.7 Å². The second-order valence-electron chi connectivity index (χ2n) is 7.85. The molecule has 0 fully saturated rings. The fraction of sp³-hybridized carbons (Fsp3) is 0.333. The van der Waals surface area contributed by atoms with Gasteiger partial charge >= 0.3 is 0 Å². The second kappa shape index (κ2) is 7.74. The van der Waals surface area contributed by atoms with Crippen molar-refractivity contribution in [2.75, 3.05) is 17.3 Å². The average molecular weight is 390 g/mol. The number of Topliss-reactive ketones (excluding diaryl/α,β-unsaturated/α-hetero) is 1. The molecule has 1 atom stereocenters. The van der Waals surface area contributed by atoms with Crippen LogP contribution in [-0.2, 0) is 9.59 Å². The van der Waals surface area contributed by atoms with Gasteiger partial charge in [-0.05, 0) is 42.7 Å². The van der Waals surface area contributed by atoms with Crippen molar-refractivity contribution in [3.05, 3.63) is 65.4 Å². The van der Waals surface area contributed by atoms with E-state index in [1.165, 1.54) is 0 Å². The molecule has 4 rings (SSSR count). The summed E-state index contributed by atoms with van der Waals surface area (Å²) in [7, 11) is 1.63. The van der Waals surface area contributed by atoms with Gasteiger partial charge in [0.1, 0.15) is 5.75 Å². The molecule has 150 valence electrons. The normalized spacial score (nSPS) is 18.7. The Balaban J connectivity index is 1.98. The predicted molar refractivity (Wildman–Crippen MR) is 114 cm³/mol. The summed E-state index contributed by atoms with van der Waals surface area (Å²) in [4.78, 5) is 28.4. The number of carbonyl (C=O) groups is 2. The van der Waals surface area contributed by atoms with Crippen LogP contribution in [0.5, 0.6) is 5.75 Å². The molecule has 1 aliphatic heterocycles. The van der Waals surface area contributed by atoms with E-state index in [2.05, 4.69) is 5.32 Å². The minimum atomic E-state index is -0.463. The third-order valence-corrected chi connectivity index (χ3v) is 5.60. The molecule has 2 aliphatic rings. The number of anilines is 2. The van der Waals surface area contributed by atoms with E-state index in [4.69, 9.17) is 4.74 Å². The first kappa shape index (κ1) is 19.2. The van der Waals surface area contributed by atoms with Crippen molar-refractivity contribution < 1.29 is 14.3 Å². The van der Waals surface area contributed by atoms with Gasteiger partial charge in [0, 0.05) is 23.6 Å². The first-order chi connectivity index (χ1) is 14.0. The van der Waals surface area contributed by atoms with Crippen LogP contribution in [0.4, 0.5) is 11.4 Å². The Morgan fingerprint density at radius 2 is 1.83 bits per heavy atom. The van der Waals surface area contributed by atoms with Crippen LogP contribution in [0.25, 0.3) is 0 Å². The molecule has 1 aliphatic carbocycles. The first-order valence-electron chi connectivity index (χ1n) is 10.1. The first-order valence-corrected chi connectivity index (χ1v) is 10.1. The van der Waals surface area contributed by atoms with Gasteiger partial charge in [0.25, 0.3) is 0 Å². The lowest BCUT2D eigenvalue weighted by Crippen LogP contribution is -2.40. The van der Waals surface area contributed by atoms with Crippen molar-refractivity contribution in [1.29, 1.82) is 0 Å². The third kappa shape index (κ3) is 3.41. The maximum absolute atomic E-state index is 13.4. The van der Waals surface area contributed by atoms with E-state index in [1.54, 1.807) is 12.0 Å². The molecule has 0 unspecified atom stereocenters. The smallest absolute Gasteiger partial charge is 0.230 e. The molecule has 2 aromatic carbocycles. The molecule has 0 radical (unpaired) electrons. The van der Waals surface area contributed by atoms with Gasteiger partial charge in [-0.25, -0.2) is 0 Å². The van der Waals surface area contributed by atoms with E-state index < -0.39 is 6.04 Å². The maximum Gasteiger partial charge on any atom is 0.230 e. The van der Waals surface area contributed by atoms with E-state index in [9.17, 15) is 9.59 Å². The standard InChI is InChI=1S/C24H26N2O3/c1-15(2)24(28)26-20-9-5-4-7-18(20)25-19-8-6-10-21(27)22(19)23(26)16-11-13-17(29-3)14-12-16/h4-5,7,9,11-15,23,25H,6,8,10H2,1-3H3/t23-/m0/s1.